The summed E-state index contributed by atoms with van der Waals surface area (Å²) in [5, 5.41) is 0.514. The fourth-order valence-corrected chi connectivity index (χ4v) is 2.36. The molecule has 0 heterocycles. The second-order valence-corrected chi connectivity index (χ2v) is 4.15. The number of ketones is 1. The van der Waals surface area contributed by atoms with Gasteiger partial charge in [0.05, 0.1) is 12.1 Å². The Morgan fingerprint density at radius 3 is 2.75 bits per heavy atom. The Labute approximate surface area is 99.9 Å². The first-order valence-corrected chi connectivity index (χ1v) is 5.62. The Morgan fingerprint density at radius 2 is 2.12 bits per heavy atom. The van der Waals surface area contributed by atoms with Gasteiger partial charge in [-0.25, -0.2) is 0 Å². The first kappa shape index (κ1) is 11.2. The number of benzene rings is 1. The number of Topliss-reactive ketones (excluding diaryl/α,β-unsaturated/α-hetero) is 1. The van der Waals surface area contributed by atoms with Gasteiger partial charge in [0.25, 0.3) is 0 Å². The van der Waals surface area contributed by atoms with Crippen molar-refractivity contribution in [2.45, 2.75) is 19.8 Å². The highest BCUT2D eigenvalue weighted by Crippen LogP contribution is 2.36. The first-order chi connectivity index (χ1) is 7.69. The lowest BCUT2D eigenvalue weighted by atomic mass is 9.86. The molecule has 1 aromatic rings. The molecule has 3 heteroatoms. The lowest BCUT2D eigenvalue weighted by molar-refractivity contribution is 0.102. The Hall–Kier alpha value is -1.28. The third kappa shape index (κ3) is 1.63. The number of hydrogen-bond donors (Lipinski definition) is 0. The highest BCUT2D eigenvalue weighted by molar-refractivity contribution is 6.35. The summed E-state index contributed by atoms with van der Waals surface area (Å²) in [5.74, 6) is 0.788. The molecule has 84 valence electrons. The summed E-state index contributed by atoms with van der Waals surface area (Å²) in [6.45, 7) is 1.88. The molecule has 0 N–H and O–H groups in total. The van der Waals surface area contributed by atoms with Crippen LogP contribution in [0.15, 0.2) is 23.8 Å². The molecule has 0 amide bonds. The van der Waals surface area contributed by atoms with Crippen molar-refractivity contribution in [1.82, 2.24) is 0 Å². The van der Waals surface area contributed by atoms with Crippen molar-refractivity contribution in [3.05, 3.63) is 39.9 Å². The second-order valence-electron chi connectivity index (χ2n) is 3.75. The molecule has 1 aliphatic rings. The fraction of sp³-hybridized carbons (Fsp3) is 0.308. The van der Waals surface area contributed by atoms with E-state index >= 15 is 0 Å². The van der Waals surface area contributed by atoms with Crippen LogP contribution in [0.25, 0.3) is 0 Å². The van der Waals surface area contributed by atoms with Crippen LogP contribution in [-0.2, 0) is 6.42 Å². The Morgan fingerprint density at radius 1 is 1.38 bits per heavy atom. The number of ether oxygens (including phenoxy) is 1. The number of carbonyl (C=O) groups is 1. The second kappa shape index (κ2) is 4.30. The maximum absolute atomic E-state index is 12.1. The molecule has 1 aromatic carbocycles. The third-order valence-corrected chi connectivity index (χ3v) is 3.27. The van der Waals surface area contributed by atoms with Crippen molar-refractivity contribution in [3.63, 3.8) is 0 Å². The molecule has 0 aliphatic heterocycles. The van der Waals surface area contributed by atoms with Crippen LogP contribution < -0.4 is 4.74 Å². The summed E-state index contributed by atoms with van der Waals surface area (Å²) in [6.07, 6.45) is 3.44. The van der Waals surface area contributed by atoms with Gasteiger partial charge in [-0.05, 0) is 37.5 Å². The summed E-state index contributed by atoms with van der Waals surface area (Å²) in [4.78, 5) is 12.1. The summed E-state index contributed by atoms with van der Waals surface area (Å²) < 4.78 is 5.25. The van der Waals surface area contributed by atoms with Crippen molar-refractivity contribution in [3.8, 4) is 5.75 Å². The minimum Gasteiger partial charge on any atom is -0.496 e. The molecule has 2 nitrogen and oxygen atoms in total. The standard InChI is InChI=1S/C13H13ClO2/c1-3-8-4-5-9-11(16-2)7-6-10(14)12(9)13(8)15/h3,6-7H,4-5H2,1-2H3/b8-3+. The highest BCUT2D eigenvalue weighted by atomic mass is 35.5. The van der Waals surface area contributed by atoms with Crippen molar-refractivity contribution in [2.75, 3.05) is 7.11 Å². The Balaban J connectivity index is 2.63. The number of methoxy groups -OCH3 is 1. The molecule has 0 saturated carbocycles. The molecule has 0 fully saturated rings. The van der Waals surface area contributed by atoms with Gasteiger partial charge in [0.1, 0.15) is 5.75 Å². The molecular weight excluding hydrogens is 224 g/mol. The van der Waals surface area contributed by atoms with Gasteiger partial charge < -0.3 is 4.74 Å². The molecule has 2 rings (SSSR count). The van der Waals surface area contributed by atoms with Gasteiger partial charge in [-0.2, -0.15) is 0 Å². The van der Waals surface area contributed by atoms with Crippen LogP contribution in [0.2, 0.25) is 5.02 Å². The number of rotatable bonds is 1. The molecule has 16 heavy (non-hydrogen) atoms. The maximum Gasteiger partial charge on any atom is 0.190 e. The van der Waals surface area contributed by atoms with Crippen LogP contribution in [-0.4, -0.2) is 12.9 Å². The van der Waals surface area contributed by atoms with Crippen LogP contribution in [0.3, 0.4) is 0 Å². The first-order valence-electron chi connectivity index (χ1n) is 5.24. The summed E-state index contributed by atoms with van der Waals surface area (Å²) in [5.41, 5.74) is 2.38. The predicted octanol–water partition coefficient (Wildman–Crippen LogP) is 3.42. The van der Waals surface area contributed by atoms with Gasteiger partial charge in [-0.1, -0.05) is 17.7 Å². The lowest BCUT2D eigenvalue weighted by Crippen LogP contribution is -2.15. The van der Waals surface area contributed by atoms with Crippen molar-refractivity contribution in [2.24, 2.45) is 0 Å². The van der Waals surface area contributed by atoms with Crippen LogP contribution in [0.5, 0.6) is 5.75 Å². The molecule has 0 bridgehead atoms. The van der Waals surface area contributed by atoms with Gasteiger partial charge in [0.15, 0.2) is 5.78 Å². The number of halogens is 1. The summed E-state index contributed by atoms with van der Waals surface area (Å²) in [6, 6.07) is 3.53. The zero-order chi connectivity index (χ0) is 11.7. The van der Waals surface area contributed by atoms with E-state index in [2.05, 4.69) is 0 Å². The molecule has 0 unspecified atom stereocenters. The highest BCUT2D eigenvalue weighted by Gasteiger charge is 2.26. The van der Waals surface area contributed by atoms with E-state index in [4.69, 9.17) is 16.3 Å². The minimum absolute atomic E-state index is 0.0349. The Kier molecular flexibility index (Phi) is 3.01. The molecule has 1 aliphatic carbocycles. The molecule has 0 spiro atoms. The van der Waals surface area contributed by atoms with Gasteiger partial charge in [-0.15, -0.1) is 0 Å². The fourth-order valence-electron chi connectivity index (χ4n) is 2.09. The summed E-state index contributed by atoms with van der Waals surface area (Å²) in [7, 11) is 1.61. The third-order valence-electron chi connectivity index (χ3n) is 2.95. The molecule has 0 aromatic heterocycles. The van der Waals surface area contributed by atoms with Crippen molar-refractivity contribution in [1.29, 1.82) is 0 Å². The van der Waals surface area contributed by atoms with E-state index in [-0.39, 0.29) is 5.78 Å². The zero-order valence-corrected chi connectivity index (χ0v) is 10.1. The minimum atomic E-state index is 0.0349. The predicted molar refractivity (Wildman–Crippen MR) is 64.4 cm³/mol. The van der Waals surface area contributed by atoms with Gasteiger partial charge in [0.2, 0.25) is 0 Å². The average molecular weight is 237 g/mol. The van der Waals surface area contributed by atoms with E-state index in [1.54, 1.807) is 13.2 Å². The largest absolute Gasteiger partial charge is 0.496 e. The van der Waals surface area contributed by atoms with E-state index in [1.807, 2.05) is 19.1 Å². The molecule has 0 saturated heterocycles. The number of fused-ring (bicyclic) bond motifs is 1. The van der Waals surface area contributed by atoms with Gasteiger partial charge >= 0.3 is 0 Å². The van der Waals surface area contributed by atoms with Gasteiger partial charge in [0, 0.05) is 11.1 Å². The lowest BCUT2D eigenvalue weighted by Gasteiger charge is -2.20. The number of hydrogen-bond acceptors (Lipinski definition) is 2. The van der Waals surface area contributed by atoms with E-state index < -0.39 is 0 Å². The maximum atomic E-state index is 12.1. The Bertz CT molecular complexity index is 475. The molecular formula is C13H13ClO2. The quantitative estimate of drug-likeness (QED) is 0.699. The van der Waals surface area contributed by atoms with Crippen LogP contribution in [0, 0.1) is 0 Å². The molecule has 0 atom stereocenters. The van der Waals surface area contributed by atoms with Crippen molar-refractivity contribution < 1.29 is 9.53 Å². The topological polar surface area (TPSA) is 26.3 Å². The van der Waals surface area contributed by atoms with E-state index in [9.17, 15) is 4.79 Å². The van der Waals surface area contributed by atoms with Crippen LogP contribution in [0.4, 0.5) is 0 Å². The zero-order valence-electron chi connectivity index (χ0n) is 9.34. The monoisotopic (exact) mass is 236 g/mol. The average Bonchev–Trinajstić information content (AvgIpc) is 2.30. The number of allylic oxidation sites excluding steroid dienone is 2. The van der Waals surface area contributed by atoms with E-state index in [1.165, 1.54) is 0 Å². The SMILES string of the molecule is C/C=C1\CCc2c(OC)ccc(Cl)c2C1=O. The normalized spacial score (nSPS) is 17.4. The van der Waals surface area contributed by atoms with Crippen molar-refractivity contribution >= 4 is 17.4 Å². The van der Waals surface area contributed by atoms with Gasteiger partial charge in [-0.3, -0.25) is 4.79 Å². The van der Waals surface area contributed by atoms with Crippen LogP contribution >= 0.6 is 11.6 Å². The van der Waals surface area contributed by atoms with Crippen LogP contribution in [0.1, 0.15) is 29.3 Å². The smallest absolute Gasteiger partial charge is 0.190 e. The number of carbonyl (C=O) groups excluding carboxylic acids is 1. The van der Waals surface area contributed by atoms with E-state index in [0.717, 1.165) is 29.7 Å². The molecule has 0 radical (unpaired) electrons. The van der Waals surface area contributed by atoms with E-state index in [0.29, 0.717) is 10.6 Å². The summed E-state index contributed by atoms with van der Waals surface area (Å²) >= 11 is 6.08.